The zero-order chi connectivity index (χ0) is 17.2. The molecule has 1 N–H and O–H groups in total. The quantitative estimate of drug-likeness (QED) is 0.579. The lowest BCUT2D eigenvalue weighted by atomic mass is 10.2. The molecule has 2 heterocycles. The van der Waals surface area contributed by atoms with Crippen LogP contribution < -0.4 is 5.32 Å². The maximum atomic E-state index is 12.4. The highest BCUT2D eigenvalue weighted by Crippen LogP contribution is 2.25. The van der Waals surface area contributed by atoms with Gasteiger partial charge in [-0.15, -0.1) is 0 Å². The molecule has 0 spiro atoms. The first kappa shape index (κ1) is 15.8. The number of halogens is 1. The number of amides is 1. The van der Waals surface area contributed by atoms with E-state index in [1.807, 2.05) is 48.5 Å². The first-order valence-corrected chi connectivity index (χ1v) is 8.81. The highest BCUT2D eigenvalue weighted by atomic mass is 35.5. The van der Waals surface area contributed by atoms with Gasteiger partial charge in [-0.1, -0.05) is 53.3 Å². The van der Waals surface area contributed by atoms with E-state index in [0.29, 0.717) is 22.3 Å². The number of nitrogens with zero attached hydrogens (tertiary/aromatic N) is 3. The molecule has 0 bridgehead atoms. The topological polar surface area (TPSA) is 59.8 Å². The van der Waals surface area contributed by atoms with Crippen LogP contribution in [-0.4, -0.2) is 20.7 Å². The van der Waals surface area contributed by atoms with Crippen molar-refractivity contribution >= 4 is 44.2 Å². The van der Waals surface area contributed by atoms with Gasteiger partial charge in [0.25, 0.3) is 5.91 Å². The summed E-state index contributed by atoms with van der Waals surface area (Å²) in [5, 5.41) is 8.32. The Morgan fingerprint density at radius 3 is 2.80 bits per heavy atom. The van der Waals surface area contributed by atoms with Gasteiger partial charge in [-0.3, -0.25) is 14.8 Å². The van der Waals surface area contributed by atoms with Crippen LogP contribution in [0.5, 0.6) is 0 Å². The van der Waals surface area contributed by atoms with Crippen LogP contribution in [0, 0.1) is 0 Å². The van der Waals surface area contributed by atoms with Crippen molar-refractivity contribution in [3.8, 4) is 0 Å². The van der Waals surface area contributed by atoms with Gasteiger partial charge in [-0.2, -0.15) is 5.10 Å². The molecule has 1 amide bonds. The highest BCUT2D eigenvalue weighted by Gasteiger charge is 2.12. The number of benzene rings is 2. The Morgan fingerprint density at radius 1 is 1.16 bits per heavy atom. The van der Waals surface area contributed by atoms with Crippen LogP contribution in [-0.2, 0) is 6.54 Å². The van der Waals surface area contributed by atoms with Crippen molar-refractivity contribution in [2.75, 3.05) is 5.32 Å². The van der Waals surface area contributed by atoms with Crippen molar-refractivity contribution in [2.24, 2.45) is 0 Å². The Hall–Kier alpha value is -2.70. The van der Waals surface area contributed by atoms with E-state index in [-0.39, 0.29) is 5.91 Å². The summed E-state index contributed by atoms with van der Waals surface area (Å²) in [5.74, 6) is -0.232. The van der Waals surface area contributed by atoms with Crippen LogP contribution >= 0.6 is 22.9 Å². The molecule has 2 aromatic heterocycles. The second-order valence-electron chi connectivity index (χ2n) is 5.46. The molecule has 0 saturated heterocycles. The molecule has 124 valence electrons. The van der Waals surface area contributed by atoms with E-state index in [4.69, 9.17) is 11.6 Å². The van der Waals surface area contributed by atoms with Gasteiger partial charge in [0, 0.05) is 11.2 Å². The molecule has 0 aliphatic rings. The lowest BCUT2D eigenvalue weighted by molar-refractivity contribution is 0.102. The summed E-state index contributed by atoms with van der Waals surface area (Å²) >= 11 is 7.61. The zero-order valence-electron chi connectivity index (χ0n) is 13.0. The third-order valence-corrected chi connectivity index (χ3v) is 5.02. The van der Waals surface area contributed by atoms with Gasteiger partial charge in [0.1, 0.15) is 0 Å². The average Bonchev–Trinajstić information content (AvgIpc) is 3.23. The highest BCUT2D eigenvalue weighted by molar-refractivity contribution is 7.22. The van der Waals surface area contributed by atoms with E-state index < -0.39 is 0 Å². The van der Waals surface area contributed by atoms with Crippen molar-refractivity contribution in [2.45, 2.75) is 6.54 Å². The average molecular weight is 369 g/mol. The van der Waals surface area contributed by atoms with Crippen molar-refractivity contribution in [3.63, 3.8) is 0 Å². The number of hydrogen-bond acceptors (Lipinski definition) is 4. The number of thiazole rings is 1. The SMILES string of the molecule is O=C(Nc1nc2ccccc2s1)c1cnn(Cc2ccccc2Cl)c1. The molecule has 0 saturated carbocycles. The fourth-order valence-electron chi connectivity index (χ4n) is 2.46. The number of carbonyl (C=O) groups excluding carboxylic acids is 1. The molecule has 0 unspecified atom stereocenters. The summed E-state index contributed by atoms with van der Waals surface area (Å²) < 4.78 is 2.72. The van der Waals surface area contributed by atoms with Crippen LogP contribution in [0.2, 0.25) is 5.02 Å². The summed E-state index contributed by atoms with van der Waals surface area (Å²) in [6.07, 6.45) is 3.24. The molecule has 0 fully saturated rings. The van der Waals surface area contributed by atoms with E-state index in [0.717, 1.165) is 15.8 Å². The number of para-hydroxylation sites is 1. The number of aromatic nitrogens is 3. The molecule has 0 atom stereocenters. The summed E-state index contributed by atoms with van der Waals surface area (Å²) in [4.78, 5) is 16.8. The van der Waals surface area contributed by atoms with Gasteiger partial charge in [-0.05, 0) is 23.8 Å². The van der Waals surface area contributed by atoms with Crippen molar-refractivity contribution in [3.05, 3.63) is 77.1 Å². The lowest BCUT2D eigenvalue weighted by Crippen LogP contribution is -2.10. The smallest absolute Gasteiger partial charge is 0.260 e. The number of fused-ring (bicyclic) bond motifs is 1. The molecule has 25 heavy (non-hydrogen) atoms. The van der Waals surface area contributed by atoms with Crippen molar-refractivity contribution in [1.82, 2.24) is 14.8 Å². The normalized spacial score (nSPS) is 10.9. The second-order valence-corrected chi connectivity index (χ2v) is 6.90. The van der Waals surface area contributed by atoms with E-state index in [2.05, 4.69) is 15.4 Å². The minimum atomic E-state index is -0.232. The Morgan fingerprint density at radius 2 is 1.96 bits per heavy atom. The third-order valence-electron chi connectivity index (χ3n) is 3.70. The van der Waals surface area contributed by atoms with Gasteiger partial charge in [0.05, 0.1) is 28.5 Å². The Labute approximate surface area is 152 Å². The van der Waals surface area contributed by atoms with E-state index in [1.54, 1.807) is 17.1 Å². The maximum absolute atomic E-state index is 12.4. The molecule has 4 rings (SSSR count). The molecule has 5 nitrogen and oxygen atoms in total. The van der Waals surface area contributed by atoms with E-state index in [9.17, 15) is 4.79 Å². The number of carbonyl (C=O) groups is 1. The Kier molecular flexibility index (Phi) is 4.21. The second kappa shape index (κ2) is 6.66. The Balaban J connectivity index is 1.49. The minimum absolute atomic E-state index is 0.232. The molecule has 4 aromatic rings. The fourth-order valence-corrected chi connectivity index (χ4v) is 3.52. The van der Waals surface area contributed by atoms with Crippen LogP contribution in [0.3, 0.4) is 0 Å². The molecule has 0 aliphatic carbocycles. The number of anilines is 1. The van der Waals surface area contributed by atoms with Crippen LogP contribution in [0.15, 0.2) is 60.9 Å². The van der Waals surface area contributed by atoms with Gasteiger partial charge in [0.2, 0.25) is 0 Å². The van der Waals surface area contributed by atoms with Gasteiger partial charge < -0.3 is 0 Å². The zero-order valence-corrected chi connectivity index (χ0v) is 14.6. The first-order valence-electron chi connectivity index (χ1n) is 7.62. The van der Waals surface area contributed by atoms with Crippen LogP contribution in [0.25, 0.3) is 10.2 Å². The van der Waals surface area contributed by atoms with Gasteiger partial charge in [-0.25, -0.2) is 4.98 Å². The molecule has 0 radical (unpaired) electrons. The van der Waals surface area contributed by atoms with Crippen LogP contribution in [0.1, 0.15) is 15.9 Å². The molecular weight excluding hydrogens is 356 g/mol. The maximum Gasteiger partial charge on any atom is 0.260 e. The van der Waals surface area contributed by atoms with Crippen LogP contribution in [0.4, 0.5) is 5.13 Å². The number of nitrogens with one attached hydrogen (secondary N) is 1. The monoisotopic (exact) mass is 368 g/mol. The minimum Gasteiger partial charge on any atom is -0.298 e. The van der Waals surface area contributed by atoms with Gasteiger partial charge in [0.15, 0.2) is 5.13 Å². The van der Waals surface area contributed by atoms with Crippen molar-refractivity contribution < 1.29 is 4.79 Å². The van der Waals surface area contributed by atoms with E-state index >= 15 is 0 Å². The standard InChI is InChI=1S/C18H13ClN4OS/c19-14-6-2-1-5-12(14)10-23-11-13(9-20-23)17(24)22-18-21-15-7-3-4-8-16(15)25-18/h1-9,11H,10H2,(H,21,22,24). The summed E-state index contributed by atoms with van der Waals surface area (Å²) in [7, 11) is 0. The largest absolute Gasteiger partial charge is 0.298 e. The summed E-state index contributed by atoms with van der Waals surface area (Å²) in [5.41, 5.74) is 2.30. The summed E-state index contributed by atoms with van der Waals surface area (Å²) in [6.45, 7) is 0.508. The predicted molar refractivity (Wildman–Crippen MR) is 100 cm³/mol. The number of hydrogen-bond donors (Lipinski definition) is 1. The predicted octanol–water partition coefficient (Wildman–Crippen LogP) is 4.45. The summed E-state index contributed by atoms with van der Waals surface area (Å²) in [6, 6.07) is 15.3. The third kappa shape index (κ3) is 3.40. The first-order chi connectivity index (χ1) is 12.2. The lowest BCUT2D eigenvalue weighted by Gasteiger charge is -2.03. The fraction of sp³-hybridized carbons (Fsp3) is 0.0556. The van der Waals surface area contributed by atoms with Gasteiger partial charge >= 0.3 is 0 Å². The molecule has 7 heteroatoms. The molecule has 0 aliphatic heterocycles. The molecular formula is C18H13ClN4OS. The number of rotatable bonds is 4. The molecule has 2 aromatic carbocycles. The Bertz CT molecular complexity index is 1020. The van der Waals surface area contributed by atoms with Crippen molar-refractivity contribution in [1.29, 1.82) is 0 Å². The van der Waals surface area contributed by atoms with E-state index in [1.165, 1.54) is 11.3 Å².